The number of halogens is 2. The molecule has 0 unspecified atom stereocenters. The molecular weight excluding hydrogens is 362 g/mol. The van der Waals surface area contributed by atoms with Crippen molar-refractivity contribution in [3.63, 3.8) is 0 Å². The van der Waals surface area contributed by atoms with Gasteiger partial charge in [-0.1, -0.05) is 12.1 Å². The Morgan fingerprint density at radius 2 is 1.57 bits per heavy atom. The number of amides is 1. The molecule has 0 aliphatic heterocycles. The first-order valence-electron chi connectivity index (χ1n) is 9.09. The molecule has 0 saturated carbocycles. The summed E-state index contributed by atoms with van der Waals surface area (Å²) in [6.07, 6.45) is 1.20. The predicted octanol–water partition coefficient (Wildman–Crippen LogP) is 2.62. The van der Waals surface area contributed by atoms with E-state index in [1.807, 2.05) is 18.2 Å². The Kier molecular flexibility index (Phi) is 7.92. The Labute approximate surface area is 164 Å². The maximum atomic E-state index is 13.2. The number of carbonyl (C=O) groups is 1. The lowest BCUT2D eigenvalue weighted by molar-refractivity contribution is 0.0827. The highest BCUT2D eigenvalue weighted by Crippen LogP contribution is 2.09. The molecule has 0 aliphatic carbocycles. The van der Waals surface area contributed by atoms with Crippen LogP contribution in [-0.2, 0) is 12.8 Å². The van der Waals surface area contributed by atoms with Gasteiger partial charge in [-0.3, -0.25) is 9.79 Å². The monoisotopic (exact) mass is 388 g/mol. The van der Waals surface area contributed by atoms with Gasteiger partial charge in [0, 0.05) is 45.9 Å². The minimum absolute atomic E-state index is 0.0268. The van der Waals surface area contributed by atoms with Crippen LogP contribution in [0.1, 0.15) is 21.5 Å². The summed E-state index contributed by atoms with van der Waals surface area (Å²) in [5.41, 5.74) is 2.29. The third-order valence-corrected chi connectivity index (χ3v) is 4.14. The average molecular weight is 388 g/mol. The van der Waals surface area contributed by atoms with Crippen molar-refractivity contribution in [2.24, 2.45) is 4.99 Å². The Morgan fingerprint density at radius 1 is 0.964 bits per heavy atom. The summed E-state index contributed by atoms with van der Waals surface area (Å²) in [7, 11) is 5.11. The van der Waals surface area contributed by atoms with Crippen molar-refractivity contribution in [2.45, 2.75) is 12.8 Å². The first-order chi connectivity index (χ1) is 13.4. The van der Waals surface area contributed by atoms with E-state index in [0.29, 0.717) is 36.6 Å². The minimum atomic E-state index is -0.576. The average Bonchev–Trinajstić information content (AvgIpc) is 2.65. The van der Waals surface area contributed by atoms with E-state index in [-0.39, 0.29) is 5.91 Å². The van der Waals surface area contributed by atoms with Gasteiger partial charge in [-0.05, 0) is 48.2 Å². The van der Waals surface area contributed by atoms with Crippen LogP contribution in [0.25, 0.3) is 0 Å². The van der Waals surface area contributed by atoms with E-state index in [9.17, 15) is 13.6 Å². The van der Waals surface area contributed by atoms with E-state index in [0.717, 1.165) is 18.1 Å². The molecule has 0 spiro atoms. The van der Waals surface area contributed by atoms with Gasteiger partial charge in [-0.2, -0.15) is 0 Å². The zero-order valence-electron chi connectivity index (χ0n) is 16.4. The number of nitrogens with one attached hydrogen (secondary N) is 2. The van der Waals surface area contributed by atoms with E-state index in [1.54, 1.807) is 32.1 Å². The second-order valence-corrected chi connectivity index (χ2v) is 6.60. The molecule has 2 aromatic rings. The summed E-state index contributed by atoms with van der Waals surface area (Å²) in [5, 5.41) is 6.31. The normalized spacial score (nSPS) is 11.2. The summed E-state index contributed by atoms with van der Waals surface area (Å²) in [6.45, 7) is 1.13. The van der Waals surface area contributed by atoms with Gasteiger partial charge < -0.3 is 15.5 Å². The number of hydrogen-bond donors (Lipinski definition) is 2. The summed E-state index contributed by atoms with van der Waals surface area (Å²) in [5.74, 6) is -0.571. The molecular formula is C21H26F2N4O. The van der Waals surface area contributed by atoms with Crippen LogP contribution in [0.3, 0.4) is 0 Å². The topological polar surface area (TPSA) is 56.7 Å². The SMILES string of the molecule is CN=C(NCCc1cc(F)cc(F)c1)NCCc1cccc(C(=O)N(C)C)c1. The van der Waals surface area contributed by atoms with Gasteiger partial charge in [0.1, 0.15) is 11.6 Å². The van der Waals surface area contributed by atoms with E-state index < -0.39 is 11.6 Å². The Bertz CT molecular complexity index is 817. The van der Waals surface area contributed by atoms with Gasteiger partial charge in [0.15, 0.2) is 5.96 Å². The molecule has 0 atom stereocenters. The second-order valence-electron chi connectivity index (χ2n) is 6.60. The van der Waals surface area contributed by atoms with E-state index in [1.165, 1.54) is 12.1 Å². The van der Waals surface area contributed by atoms with Crippen LogP contribution in [0.5, 0.6) is 0 Å². The van der Waals surface area contributed by atoms with Crippen LogP contribution in [0.4, 0.5) is 8.78 Å². The van der Waals surface area contributed by atoms with Crippen LogP contribution in [-0.4, -0.2) is 51.0 Å². The van der Waals surface area contributed by atoms with Crippen LogP contribution >= 0.6 is 0 Å². The van der Waals surface area contributed by atoms with Gasteiger partial charge in [-0.25, -0.2) is 8.78 Å². The summed E-state index contributed by atoms with van der Waals surface area (Å²) < 4.78 is 26.4. The minimum Gasteiger partial charge on any atom is -0.356 e. The van der Waals surface area contributed by atoms with Crippen LogP contribution in [0.2, 0.25) is 0 Å². The molecule has 0 saturated heterocycles. The molecule has 1 amide bonds. The number of nitrogens with zero attached hydrogens (tertiary/aromatic N) is 2. The number of rotatable bonds is 7. The molecule has 0 bridgehead atoms. The predicted molar refractivity (Wildman–Crippen MR) is 108 cm³/mol. The fourth-order valence-electron chi connectivity index (χ4n) is 2.74. The van der Waals surface area contributed by atoms with Crippen molar-refractivity contribution in [1.29, 1.82) is 0 Å². The highest BCUT2D eigenvalue weighted by molar-refractivity contribution is 5.94. The van der Waals surface area contributed by atoms with Gasteiger partial charge in [-0.15, -0.1) is 0 Å². The fourth-order valence-corrected chi connectivity index (χ4v) is 2.74. The highest BCUT2D eigenvalue weighted by atomic mass is 19.1. The first-order valence-corrected chi connectivity index (χ1v) is 9.09. The number of aliphatic imine (C=N–C) groups is 1. The van der Waals surface area contributed by atoms with Gasteiger partial charge in [0.05, 0.1) is 0 Å². The molecule has 0 radical (unpaired) electrons. The van der Waals surface area contributed by atoms with Gasteiger partial charge in [0.25, 0.3) is 5.91 Å². The molecule has 0 aromatic heterocycles. The Morgan fingerprint density at radius 3 is 2.14 bits per heavy atom. The quantitative estimate of drug-likeness (QED) is 0.566. The molecule has 7 heteroatoms. The molecule has 2 aromatic carbocycles. The maximum absolute atomic E-state index is 13.2. The van der Waals surface area contributed by atoms with E-state index in [4.69, 9.17) is 0 Å². The molecule has 28 heavy (non-hydrogen) atoms. The summed E-state index contributed by atoms with van der Waals surface area (Å²) in [6, 6.07) is 11.0. The lowest BCUT2D eigenvalue weighted by Crippen LogP contribution is -2.39. The second kappa shape index (κ2) is 10.4. The molecule has 0 aliphatic rings. The lowest BCUT2D eigenvalue weighted by Gasteiger charge is -2.13. The van der Waals surface area contributed by atoms with Crippen molar-refractivity contribution in [3.8, 4) is 0 Å². The zero-order chi connectivity index (χ0) is 20.5. The first kappa shape index (κ1) is 21.3. The number of hydrogen-bond acceptors (Lipinski definition) is 2. The molecule has 2 N–H and O–H groups in total. The molecule has 2 rings (SSSR count). The van der Waals surface area contributed by atoms with E-state index in [2.05, 4.69) is 15.6 Å². The third kappa shape index (κ3) is 6.64. The number of benzene rings is 2. The van der Waals surface area contributed by atoms with Crippen LogP contribution < -0.4 is 10.6 Å². The van der Waals surface area contributed by atoms with E-state index >= 15 is 0 Å². The molecule has 5 nitrogen and oxygen atoms in total. The van der Waals surface area contributed by atoms with Crippen molar-refractivity contribution in [1.82, 2.24) is 15.5 Å². The highest BCUT2D eigenvalue weighted by Gasteiger charge is 2.08. The van der Waals surface area contributed by atoms with Crippen LogP contribution in [0, 0.1) is 11.6 Å². The Hall–Kier alpha value is -2.96. The molecule has 0 heterocycles. The largest absolute Gasteiger partial charge is 0.356 e. The standard InChI is InChI=1S/C21H26F2N4O/c1-24-21(26-10-8-16-12-18(22)14-19(23)13-16)25-9-7-15-5-4-6-17(11-15)20(28)27(2)3/h4-6,11-14H,7-10H2,1-3H3,(H2,24,25,26). The van der Waals surface area contributed by atoms with Crippen molar-refractivity contribution in [3.05, 3.63) is 70.8 Å². The summed E-state index contributed by atoms with van der Waals surface area (Å²) in [4.78, 5) is 17.7. The lowest BCUT2D eigenvalue weighted by atomic mass is 10.1. The number of guanidine groups is 1. The van der Waals surface area contributed by atoms with Gasteiger partial charge >= 0.3 is 0 Å². The van der Waals surface area contributed by atoms with Crippen molar-refractivity contribution >= 4 is 11.9 Å². The Balaban J connectivity index is 1.79. The zero-order valence-corrected chi connectivity index (χ0v) is 16.4. The smallest absolute Gasteiger partial charge is 0.253 e. The van der Waals surface area contributed by atoms with Crippen molar-refractivity contribution < 1.29 is 13.6 Å². The third-order valence-electron chi connectivity index (χ3n) is 4.14. The van der Waals surface area contributed by atoms with Gasteiger partial charge in [0.2, 0.25) is 0 Å². The number of carbonyl (C=O) groups excluding carboxylic acids is 1. The molecule has 0 fully saturated rings. The fraction of sp³-hybridized carbons (Fsp3) is 0.333. The molecule has 150 valence electrons. The summed E-state index contributed by atoms with van der Waals surface area (Å²) >= 11 is 0. The van der Waals surface area contributed by atoms with Crippen molar-refractivity contribution in [2.75, 3.05) is 34.2 Å². The van der Waals surface area contributed by atoms with Crippen LogP contribution in [0.15, 0.2) is 47.5 Å². The maximum Gasteiger partial charge on any atom is 0.253 e.